The SMILES string of the molecule is [CH-]=[W].[CH2-]c1[c-]nc(C(C)C)c(C(C)C)c1.[Y]. The van der Waals surface area contributed by atoms with Crippen LogP contribution in [0.25, 0.3) is 0 Å². The second-order valence-corrected chi connectivity index (χ2v) is 4.04. The zero-order valence-electron chi connectivity index (χ0n) is 10.4. The van der Waals surface area contributed by atoms with Gasteiger partial charge in [-0.25, -0.2) is 6.20 Å². The van der Waals surface area contributed by atoms with E-state index in [0.717, 1.165) is 30.6 Å². The van der Waals surface area contributed by atoms with Gasteiger partial charge in [-0.15, -0.1) is 5.56 Å². The van der Waals surface area contributed by atoms with Gasteiger partial charge in [0.2, 0.25) is 0 Å². The maximum Gasteiger partial charge on any atom is 0 e. The molecule has 1 rings (SSSR count). The summed E-state index contributed by atoms with van der Waals surface area (Å²) >= 11 is 1.08. The zero-order valence-corrected chi connectivity index (χ0v) is 16.2. The first-order valence-corrected chi connectivity index (χ1v) is 6.69. The first-order valence-electron chi connectivity index (χ1n) is 5.00. The van der Waals surface area contributed by atoms with E-state index in [-0.39, 0.29) is 32.7 Å². The molecule has 1 aromatic rings. The number of aromatic nitrogens is 1. The van der Waals surface area contributed by atoms with E-state index >= 15 is 0 Å². The Morgan fingerprint density at radius 1 is 1.25 bits per heavy atom. The zero-order chi connectivity index (χ0) is 12.0. The maximum atomic E-state index is 4.58. The molecule has 0 spiro atoms. The van der Waals surface area contributed by atoms with E-state index in [0.29, 0.717) is 11.8 Å². The summed E-state index contributed by atoms with van der Waals surface area (Å²) in [5.74, 6) is 0.981. The van der Waals surface area contributed by atoms with E-state index in [4.69, 9.17) is 0 Å². The molecule has 0 saturated heterocycles. The van der Waals surface area contributed by atoms with Crippen molar-refractivity contribution < 1.29 is 52.1 Å². The van der Waals surface area contributed by atoms with Crippen LogP contribution in [0.2, 0.25) is 0 Å². The molecule has 1 heterocycles. The van der Waals surface area contributed by atoms with Gasteiger partial charge in [-0.1, -0.05) is 27.7 Å². The van der Waals surface area contributed by atoms with Gasteiger partial charge in [0.05, 0.1) is 0 Å². The predicted molar refractivity (Wildman–Crippen MR) is 61.8 cm³/mol. The Morgan fingerprint density at radius 3 is 2.12 bits per heavy atom. The van der Waals surface area contributed by atoms with Gasteiger partial charge in [0.25, 0.3) is 0 Å². The molecule has 0 unspecified atom stereocenters. The van der Waals surface area contributed by atoms with Crippen molar-refractivity contribution in [2.45, 2.75) is 39.5 Å². The summed E-state index contributed by atoms with van der Waals surface area (Å²) in [6, 6.07) is 2.09. The number of hydrogen-bond acceptors (Lipinski definition) is 1. The van der Waals surface area contributed by atoms with Crippen molar-refractivity contribution in [1.82, 2.24) is 4.98 Å². The van der Waals surface area contributed by atoms with Gasteiger partial charge in [-0.05, 0) is 17.5 Å². The second kappa shape index (κ2) is 9.69. The minimum absolute atomic E-state index is 0. The molecule has 0 aliphatic heterocycles. The Kier molecular flexibility index (Phi) is 11.5. The Labute approximate surface area is 136 Å². The number of pyridine rings is 1. The summed E-state index contributed by atoms with van der Waals surface area (Å²) in [5.41, 5.74) is 3.34. The minimum Gasteiger partial charge on any atom is -0.404 e. The molecule has 3 heteroatoms. The monoisotopic (exact) mass is 461 g/mol. The molecule has 87 valence electrons. The van der Waals surface area contributed by atoms with Gasteiger partial charge in [-0.3, -0.25) is 6.07 Å². The van der Waals surface area contributed by atoms with Gasteiger partial charge in [-0.2, -0.15) is 0 Å². The van der Waals surface area contributed by atoms with E-state index in [1.165, 1.54) is 5.56 Å². The van der Waals surface area contributed by atoms with E-state index < -0.39 is 0 Å². The molecular formula is C13H18NWY-3. The van der Waals surface area contributed by atoms with Gasteiger partial charge in [0.1, 0.15) is 0 Å². The molecule has 1 radical (unpaired) electrons. The van der Waals surface area contributed by atoms with Gasteiger partial charge in [0, 0.05) is 32.7 Å². The van der Waals surface area contributed by atoms with Crippen LogP contribution >= 0.6 is 0 Å². The molecule has 0 aliphatic carbocycles. The summed E-state index contributed by atoms with van der Waals surface area (Å²) in [7, 11) is 0. The molecule has 0 saturated carbocycles. The van der Waals surface area contributed by atoms with Crippen molar-refractivity contribution in [3.8, 4) is 0 Å². The second-order valence-electron chi connectivity index (χ2n) is 4.04. The molecule has 0 N–H and O–H groups in total. The Balaban J connectivity index is 0. The summed E-state index contributed by atoms with van der Waals surface area (Å²) in [6.07, 6.45) is 2.92. The fourth-order valence-electron chi connectivity index (χ4n) is 1.42. The standard InChI is InChI=1S/C12H17N.CH.W.Y/c1-8(2)11-6-10(5)7-13-12(11)9(3)4;;;/h6,8-9H,5H2,1-4H3;1H;;/q-2;-1;;. The first-order chi connectivity index (χ1) is 7.02. The Bertz CT molecular complexity index is 311. The number of hydrogen-bond donors (Lipinski definition) is 0. The Hall–Kier alpha value is 0.682. The van der Waals surface area contributed by atoms with Gasteiger partial charge < -0.3 is 17.5 Å². The molecule has 0 aliphatic rings. The van der Waals surface area contributed by atoms with E-state index in [2.05, 4.69) is 56.8 Å². The topological polar surface area (TPSA) is 12.9 Å². The first kappa shape index (κ1) is 19.0. The molecule has 1 aromatic heterocycles. The smallest absolute Gasteiger partial charge is 0 e. The van der Waals surface area contributed by atoms with Crippen LogP contribution in [0.5, 0.6) is 0 Å². The number of nitrogens with zero attached hydrogens (tertiary/aromatic N) is 1. The summed E-state index contributed by atoms with van der Waals surface area (Å²) in [5, 5.41) is 0. The van der Waals surface area contributed by atoms with Crippen molar-refractivity contribution >= 4 is 4.90 Å². The van der Waals surface area contributed by atoms with E-state index in [1.807, 2.05) is 0 Å². The largest absolute Gasteiger partial charge is 0.404 e. The normalized spacial score (nSPS) is 9.38. The third kappa shape index (κ3) is 5.85. The van der Waals surface area contributed by atoms with Crippen LogP contribution < -0.4 is 0 Å². The third-order valence-electron chi connectivity index (χ3n) is 2.11. The van der Waals surface area contributed by atoms with E-state index in [9.17, 15) is 0 Å². The molecule has 0 aromatic carbocycles. The van der Waals surface area contributed by atoms with Crippen LogP contribution in [0.4, 0.5) is 0 Å². The molecule has 1 nitrogen and oxygen atoms in total. The average Bonchev–Trinajstić information content (AvgIpc) is 2.20. The van der Waals surface area contributed by atoms with E-state index in [1.54, 1.807) is 0 Å². The molecule has 0 amide bonds. The van der Waals surface area contributed by atoms with Crippen LogP contribution in [0.1, 0.15) is 56.4 Å². The third-order valence-corrected chi connectivity index (χ3v) is 2.11. The van der Waals surface area contributed by atoms with Crippen LogP contribution in [0.3, 0.4) is 0 Å². The molecular weight excluding hydrogens is 443 g/mol. The number of rotatable bonds is 2. The van der Waals surface area contributed by atoms with Crippen molar-refractivity contribution in [3.05, 3.63) is 36.0 Å². The van der Waals surface area contributed by atoms with Crippen LogP contribution in [-0.2, 0) is 52.1 Å². The fraction of sp³-hybridized carbons (Fsp3) is 0.462. The fourth-order valence-corrected chi connectivity index (χ4v) is 1.42. The Morgan fingerprint density at radius 2 is 1.75 bits per heavy atom. The van der Waals surface area contributed by atoms with Gasteiger partial charge in [0.15, 0.2) is 0 Å². The van der Waals surface area contributed by atoms with Crippen molar-refractivity contribution in [2.75, 3.05) is 0 Å². The van der Waals surface area contributed by atoms with Crippen LogP contribution in [0, 0.1) is 13.1 Å². The van der Waals surface area contributed by atoms with Crippen molar-refractivity contribution in [1.29, 1.82) is 0 Å². The molecule has 0 bridgehead atoms. The predicted octanol–water partition coefficient (Wildman–Crippen LogP) is 3.15. The molecule has 0 atom stereocenters. The summed E-state index contributed by atoms with van der Waals surface area (Å²) in [4.78, 5) is 8.89. The quantitative estimate of drug-likeness (QED) is 0.618. The maximum absolute atomic E-state index is 4.58. The molecule has 0 fully saturated rings. The summed E-state index contributed by atoms with van der Waals surface area (Å²) < 4.78 is 0. The van der Waals surface area contributed by atoms with Gasteiger partial charge >= 0.3 is 24.3 Å². The molecule has 16 heavy (non-hydrogen) atoms. The summed E-state index contributed by atoms with van der Waals surface area (Å²) in [6.45, 7) is 12.5. The average molecular weight is 461 g/mol. The van der Waals surface area contributed by atoms with Crippen LogP contribution in [-0.4, -0.2) is 9.89 Å². The van der Waals surface area contributed by atoms with Crippen molar-refractivity contribution in [2.24, 2.45) is 0 Å². The van der Waals surface area contributed by atoms with Crippen LogP contribution in [0.15, 0.2) is 6.07 Å². The van der Waals surface area contributed by atoms with Crippen molar-refractivity contribution in [3.63, 3.8) is 0 Å². The minimum atomic E-state index is 0.